The fourth-order valence-corrected chi connectivity index (χ4v) is 1.13. The standard InChI is InChI=1S/C12H18O8/c1-7(13)5-11(17)19-9(15)3-4-10(16)20-12(18)6-8(2)14/h7-8,13-14H,3-6H2,1-2H3/t7-,8-/m1/s1. The first-order valence-electron chi connectivity index (χ1n) is 6.03. The monoisotopic (exact) mass is 290 g/mol. The van der Waals surface area contributed by atoms with E-state index in [9.17, 15) is 19.2 Å². The number of carbonyl (C=O) groups is 4. The fraction of sp³-hybridized carbons (Fsp3) is 0.667. The van der Waals surface area contributed by atoms with Gasteiger partial charge in [-0.15, -0.1) is 0 Å². The highest BCUT2D eigenvalue weighted by Crippen LogP contribution is 2.01. The van der Waals surface area contributed by atoms with Crippen molar-refractivity contribution in [3.05, 3.63) is 0 Å². The van der Waals surface area contributed by atoms with Crippen molar-refractivity contribution in [2.75, 3.05) is 0 Å². The van der Waals surface area contributed by atoms with Gasteiger partial charge in [-0.2, -0.15) is 0 Å². The highest BCUT2D eigenvalue weighted by atomic mass is 16.6. The van der Waals surface area contributed by atoms with Gasteiger partial charge >= 0.3 is 23.9 Å². The Morgan fingerprint density at radius 1 is 0.750 bits per heavy atom. The van der Waals surface area contributed by atoms with Gasteiger partial charge in [-0.25, -0.2) is 0 Å². The average Bonchev–Trinajstić information content (AvgIpc) is 2.23. The van der Waals surface area contributed by atoms with Crippen LogP contribution in [-0.4, -0.2) is 46.3 Å². The SMILES string of the molecule is C[C@@H](O)CC(=O)OC(=O)CCC(=O)OC(=O)C[C@@H](C)O. The van der Waals surface area contributed by atoms with Crippen LogP contribution in [0.5, 0.6) is 0 Å². The smallest absolute Gasteiger partial charge is 0.316 e. The highest BCUT2D eigenvalue weighted by Gasteiger charge is 2.17. The summed E-state index contributed by atoms with van der Waals surface area (Å²) in [6, 6.07) is 0. The molecule has 0 heterocycles. The van der Waals surface area contributed by atoms with Gasteiger partial charge in [-0.1, -0.05) is 0 Å². The third-order valence-corrected chi connectivity index (χ3v) is 1.91. The predicted molar refractivity (Wildman–Crippen MR) is 64.0 cm³/mol. The van der Waals surface area contributed by atoms with Crippen LogP contribution in [0.15, 0.2) is 0 Å². The number of ether oxygens (including phenoxy) is 2. The Morgan fingerprint density at radius 2 is 1.05 bits per heavy atom. The molecule has 0 fully saturated rings. The zero-order valence-corrected chi connectivity index (χ0v) is 11.3. The molecule has 0 aromatic heterocycles. The molecule has 8 nitrogen and oxygen atoms in total. The van der Waals surface area contributed by atoms with Crippen molar-refractivity contribution >= 4 is 23.9 Å². The highest BCUT2D eigenvalue weighted by molar-refractivity contribution is 5.90. The Bertz CT molecular complexity index is 336. The minimum Gasteiger partial charge on any atom is -0.393 e. The molecule has 2 atom stereocenters. The lowest BCUT2D eigenvalue weighted by Crippen LogP contribution is -2.20. The topological polar surface area (TPSA) is 127 Å². The van der Waals surface area contributed by atoms with Crippen molar-refractivity contribution in [3.63, 3.8) is 0 Å². The molecule has 0 rings (SSSR count). The summed E-state index contributed by atoms with van der Waals surface area (Å²) in [5.74, 6) is -3.70. The summed E-state index contributed by atoms with van der Waals surface area (Å²) in [4.78, 5) is 44.3. The Hall–Kier alpha value is -1.80. The number of aliphatic hydroxyl groups is 2. The van der Waals surface area contributed by atoms with Crippen molar-refractivity contribution in [1.29, 1.82) is 0 Å². The second-order valence-electron chi connectivity index (χ2n) is 4.30. The number of esters is 4. The maximum absolute atomic E-state index is 11.1. The van der Waals surface area contributed by atoms with Crippen LogP contribution >= 0.6 is 0 Å². The van der Waals surface area contributed by atoms with E-state index in [1.807, 2.05) is 0 Å². The van der Waals surface area contributed by atoms with Crippen LogP contribution in [0, 0.1) is 0 Å². The van der Waals surface area contributed by atoms with Gasteiger partial charge in [0.1, 0.15) is 0 Å². The van der Waals surface area contributed by atoms with E-state index in [2.05, 4.69) is 9.47 Å². The zero-order valence-electron chi connectivity index (χ0n) is 11.3. The summed E-state index contributed by atoms with van der Waals surface area (Å²) in [6.07, 6.45) is -3.37. The van der Waals surface area contributed by atoms with Gasteiger partial charge in [-0.3, -0.25) is 19.2 Å². The molecule has 0 radical (unpaired) electrons. The number of carbonyl (C=O) groups excluding carboxylic acids is 4. The second kappa shape index (κ2) is 9.16. The van der Waals surface area contributed by atoms with E-state index in [4.69, 9.17) is 10.2 Å². The van der Waals surface area contributed by atoms with Gasteiger partial charge in [0.25, 0.3) is 0 Å². The van der Waals surface area contributed by atoms with Gasteiger partial charge in [0.15, 0.2) is 0 Å². The summed E-state index contributed by atoms with van der Waals surface area (Å²) in [7, 11) is 0. The molecule has 20 heavy (non-hydrogen) atoms. The van der Waals surface area contributed by atoms with E-state index >= 15 is 0 Å². The van der Waals surface area contributed by atoms with Crippen LogP contribution < -0.4 is 0 Å². The van der Waals surface area contributed by atoms with Crippen LogP contribution in [0.25, 0.3) is 0 Å². The molecule has 0 aliphatic rings. The number of hydrogen-bond acceptors (Lipinski definition) is 8. The molecule has 0 aliphatic carbocycles. The first-order valence-corrected chi connectivity index (χ1v) is 6.03. The minimum absolute atomic E-state index is 0.330. The van der Waals surface area contributed by atoms with E-state index in [0.717, 1.165) is 0 Å². The predicted octanol–water partition coefficient (Wildman–Crippen LogP) is -0.552. The largest absolute Gasteiger partial charge is 0.393 e. The molecule has 0 unspecified atom stereocenters. The van der Waals surface area contributed by atoms with Crippen LogP contribution in [-0.2, 0) is 28.7 Å². The summed E-state index contributed by atoms with van der Waals surface area (Å²) >= 11 is 0. The van der Waals surface area contributed by atoms with Crippen LogP contribution in [0.3, 0.4) is 0 Å². The number of rotatable bonds is 7. The summed E-state index contributed by atoms with van der Waals surface area (Å²) in [6.45, 7) is 2.72. The number of hydrogen-bond donors (Lipinski definition) is 2. The molecule has 0 bridgehead atoms. The lowest BCUT2D eigenvalue weighted by Gasteiger charge is -2.05. The van der Waals surface area contributed by atoms with Crippen molar-refractivity contribution in [2.24, 2.45) is 0 Å². The molecule has 0 aliphatic heterocycles. The molecule has 0 aromatic rings. The average molecular weight is 290 g/mol. The van der Waals surface area contributed by atoms with Gasteiger partial charge in [-0.05, 0) is 13.8 Å². The molecular weight excluding hydrogens is 272 g/mol. The second-order valence-corrected chi connectivity index (χ2v) is 4.30. The maximum Gasteiger partial charge on any atom is 0.316 e. The first-order chi connectivity index (χ1) is 9.20. The Balaban J connectivity index is 3.92. The maximum atomic E-state index is 11.1. The molecule has 114 valence electrons. The van der Waals surface area contributed by atoms with E-state index < -0.39 is 48.9 Å². The van der Waals surface area contributed by atoms with E-state index in [1.165, 1.54) is 13.8 Å². The van der Waals surface area contributed by atoms with Crippen LogP contribution in [0.2, 0.25) is 0 Å². The van der Waals surface area contributed by atoms with Crippen LogP contribution in [0.4, 0.5) is 0 Å². The van der Waals surface area contributed by atoms with E-state index in [-0.39, 0.29) is 12.8 Å². The van der Waals surface area contributed by atoms with Gasteiger partial charge in [0, 0.05) is 0 Å². The lowest BCUT2D eigenvalue weighted by atomic mass is 10.3. The van der Waals surface area contributed by atoms with E-state index in [1.54, 1.807) is 0 Å². The summed E-state index contributed by atoms with van der Waals surface area (Å²) in [5, 5.41) is 17.8. The Morgan fingerprint density at radius 3 is 1.30 bits per heavy atom. The summed E-state index contributed by atoms with van der Waals surface area (Å²) in [5.41, 5.74) is 0. The van der Waals surface area contributed by atoms with Crippen LogP contribution in [0.1, 0.15) is 39.5 Å². The lowest BCUT2D eigenvalue weighted by molar-refractivity contribution is -0.166. The molecule has 0 spiro atoms. The minimum atomic E-state index is -0.949. The Labute approximate surface area is 115 Å². The zero-order chi connectivity index (χ0) is 15.7. The molecule has 0 saturated heterocycles. The van der Waals surface area contributed by atoms with Gasteiger partial charge in [0.05, 0.1) is 37.9 Å². The Kier molecular flexibility index (Phi) is 8.33. The normalized spacial score (nSPS) is 13.2. The fourth-order valence-electron chi connectivity index (χ4n) is 1.13. The third-order valence-electron chi connectivity index (χ3n) is 1.91. The molecular formula is C12H18O8. The molecule has 2 N–H and O–H groups in total. The van der Waals surface area contributed by atoms with Gasteiger partial charge < -0.3 is 19.7 Å². The molecule has 0 saturated carbocycles. The quantitative estimate of drug-likeness (QED) is 0.472. The van der Waals surface area contributed by atoms with Crippen molar-refractivity contribution in [1.82, 2.24) is 0 Å². The van der Waals surface area contributed by atoms with Crippen molar-refractivity contribution in [3.8, 4) is 0 Å². The summed E-state index contributed by atoms with van der Waals surface area (Å²) < 4.78 is 8.62. The van der Waals surface area contributed by atoms with E-state index in [0.29, 0.717) is 0 Å². The third kappa shape index (κ3) is 10.2. The van der Waals surface area contributed by atoms with Gasteiger partial charge in [0.2, 0.25) is 0 Å². The first kappa shape index (κ1) is 18.2. The van der Waals surface area contributed by atoms with Crippen molar-refractivity contribution in [2.45, 2.75) is 51.7 Å². The number of aliphatic hydroxyl groups excluding tert-OH is 2. The molecule has 0 aromatic carbocycles. The van der Waals surface area contributed by atoms with Crippen molar-refractivity contribution < 1.29 is 38.9 Å². The molecule has 0 amide bonds. The molecule has 8 heteroatoms.